The normalized spacial score (nSPS) is 15.8. The standard InChI is InChI=1S/C4H9N.C2H6.H3N/c1-2-4-5-3-1;1-2;/h5H,1-4H2;1-2H3;1H3. The van der Waals surface area contributed by atoms with Gasteiger partial charge in [0.05, 0.1) is 0 Å². The highest BCUT2D eigenvalue weighted by Crippen LogP contribution is 1.90. The summed E-state index contributed by atoms with van der Waals surface area (Å²) in [5.41, 5.74) is 0. The lowest BCUT2D eigenvalue weighted by atomic mass is 10.4. The summed E-state index contributed by atoms with van der Waals surface area (Å²) in [6, 6.07) is 0. The summed E-state index contributed by atoms with van der Waals surface area (Å²) >= 11 is 0. The molecule has 0 spiro atoms. The quantitative estimate of drug-likeness (QED) is 0.507. The van der Waals surface area contributed by atoms with E-state index >= 15 is 0 Å². The average Bonchev–Trinajstić information content (AvgIpc) is 2.23. The maximum Gasteiger partial charge on any atom is -0.00484 e. The molecule has 1 aliphatic rings. The average molecular weight is 118 g/mol. The molecule has 1 rings (SSSR count). The van der Waals surface area contributed by atoms with Crippen LogP contribution in [-0.2, 0) is 0 Å². The summed E-state index contributed by atoms with van der Waals surface area (Å²) in [5, 5.41) is 3.22. The van der Waals surface area contributed by atoms with Gasteiger partial charge in [-0.2, -0.15) is 0 Å². The van der Waals surface area contributed by atoms with Crippen molar-refractivity contribution in [2.24, 2.45) is 0 Å². The highest BCUT2D eigenvalue weighted by Gasteiger charge is 1.93. The van der Waals surface area contributed by atoms with E-state index in [0.29, 0.717) is 0 Å². The molecule has 4 N–H and O–H groups in total. The minimum absolute atomic E-state index is 0. The molecular formula is C6H18N2. The van der Waals surface area contributed by atoms with E-state index in [0.717, 1.165) is 0 Å². The van der Waals surface area contributed by atoms with E-state index in [9.17, 15) is 0 Å². The van der Waals surface area contributed by atoms with Crippen LogP contribution in [0.1, 0.15) is 26.7 Å². The Balaban J connectivity index is 0. The molecule has 2 heteroatoms. The number of rotatable bonds is 0. The van der Waals surface area contributed by atoms with Crippen molar-refractivity contribution in [3.63, 3.8) is 0 Å². The van der Waals surface area contributed by atoms with Gasteiger partial charge in [-0.25, -0.2) is 0 Å². The minimum atomic E-state index is 0. The van der Waals surface area contributed by atoms with Gasteiger partial charge in [0.2, 0.25) is 0 Å². The van der Waals surface area contributed by atoms with Gasteiger partial charge < -0.3 is 11.5 Å². The zero-order valence-corrected chi connectivity index (χ0v) is 6.04. The summed E-state index contributed by atoms with van der Waals surface area (Å²) in [5.74, 6) is 0. The second-order valence-electron chi connectivity index (χ2n) is 1.46. The minimum Gasteiger partial charge on any atom is -0.344 e. The maximum absolute atomic E-state index is 3.22. The molecule has 0 atom stereocenters. The Labute approximate surface area is 52.2 Å². The van der Waals surface area contributed by atoms with Crippen LogP contribution in [0.3, 0.4) is 0 Å². The van der Waals surface area contributed by atoms with Gasteiger partial charge in [0.15, 0.2) is 0 Å². The second-order valence-corrected chi connectivity index (χ2v) is 1.46. The van der Waals surface area contributed by atoms with E-state index in [2.05, 4.69) is 5.32 Å². The molecule has 2 nitrogen and oxygen atoms in total. The van der Waals surface area contributed by atoms with Crippen LogP contribution in [0.5, 0.6) is 0 Å². The number of hydrogen-bond acceptors (Lipinski definition) is 2. The van der Waals surface area contributed by atoms with Crippen LogP contribution < -0.4 is 11.5 Å². The molecule has 0 saturated carbocycles. The first-order valence-corrected chi connectivity index (χ1v) is 3.21. The van der Waals surface area contributed by atoms with E-state index < -0.39 is 0 Å². The molecular weight excluding hydrogens is 100 g/mol. The fourth-order valence-electron chi connectivity index (χ4n) is 0.625. The summed E-state index contributed by atoms with van der Waals surface area (Å²) in [6.07, 6.45) is 2.78. The van der Waals surface area contributed by atoms with E-state index in [4.69, 9.17) is 0 Å². The Morgan fingerprint density at radius 1 is 1.00 bits per heavy atom. The van der Waals surface area contributed by atoms with Gasteiger partial charge in [0.1, 0.15) is 0 Å². The van der Waals surface area contributed by atoms with Gasteiger partial charge in [-0.15, -0.1) is 0 Å². The first-order valence-electron chi connectivity index (χ1n) is 3.21. The Morgan fingerprint density at radius 3 is 1.50 bits per heavy atom. The topological polar surface area (TPSA) is 47.0 Å². The number of hydrogen-bond donors (Lipinski definition) is 2. The largest absolute Gasteiger partial charge is 0.344 e. The molecule has 0 aromatic rings. The molecule has 1 heterocycles. The SMILES string of the molecule is C1CCNC1.CC.N. The summed E-state index contributed by atoms with van der Waals surface area (Å²) in [4.78, 5) is 0. The predicted molar refractivity (Wildman–Crippen MR) is 38.5 cm³/mol. The van der Waals surface area contributed by atoms with Crippen molar-refractivity contribution in [1.82, 2.24) is 11.5 Å². The first kappa shape index (κ1) is 10.8. The highest BCUT2D eigenvalue weighted by molar-refractivity contribution is 4.55. The third kappa shape index (κ3) is 5.92. The Hall–Kier alpha value is -0.0800. The van der Waals surface area contributed by atoms with Crippen molar-refractivity contribution in [3.8, 4) is 0 Å². The van der Waals surface area contributed by atoms with Crippen LogP contribution >= 0.6 is 0 Å². The van der Waals surface area contributed by atoms with Crippen molar-refractivity contribution < 1.29 is 0 Å². The third-order valence-electron chi connectivity index (χ3n) is 0.957. The third-order valence-corrected chi connectivity index (χ3v) is 0.957. The molecule has 8 heavy (non-hydrogen) atoms. The monoisotopic (exact) mass is 118 g/mol. The molecule has 0 amide bonds. The van der Waals surface area contributed by atoms with Crippen LogP contribution in [0.2, 0.25) is 0 Å². The lowest BCUT2D eigenvalue weighted by molar-refractivity contribution is 0.857. The molecule has 0 radical (unpaired) electrons. The number of nitrogens with one attached hydrogen (secondary N) is 1. The molecule has 1 saturated heterocycles. The molecule has 0 aromatic heterocycles. The fourth-order valence-corrected chi connectivity index (χ4v) is 0.625. The van der Waals surface area contributed by atoms with Crippen LogP contribution in [0, 0.1) is 0 Å². The van der Waals surface area contributed by atoms with E-state index in [1.54, 1.807) is 0 Å². The molecule has 52 valence electrons. The smallest absolute Gasteiger partial charge is 0.00484 e. The zero-order valence-electron chi connectivity index (χ0n) is 6.04. The van der Waals surface area contributed by atoms with Gasteiger partial charge >= 0.3 is 0 Å². The molecule has 1 fully saturated rings. The van der Waals surface area contributed by atoms with E-state index in [-0.39, 0.29) is 6.15 Å². The van der Waals surface area contributed by atoms with Crippen molar-refractivity contribution in [1.29, 1.82) is 0 Å². The molecule has 0 aromatic carbocycles. The lowest BCUT2D eigenvalue weighted by Gasteiger charge is -1.76. The van der Waals surface area contributed by atoms with Crippen LogP contribution in [-0.4, -0.2) is 13.1 Å². The zero-order chi connectivity index (χ0) is 5.54. The van der Waals surface area contributed by atoms with Crippen LogP contribution in [0.15, 0.2) is 0 Å². The summed E-state index contributed by atoms with van der Waals surface area (Å²) in [6.45, 7) is 6.50. The maximum atomic E-state index is 3.22. The second kappa shape index (κ2) is 10.0. The van der Waals surface area contributed by atoms with Crippen LogP contribution in [0.25, 0.3) is 0 Å². The summed E-state index contributed by atoms with van der Waals surface area (Å²) < 4.78 is 0. The van der Waals surface area contributed by atoms with E-state index in [1.165, 1.54) is 25.9 Å². The summed E-state index contributed by atoms with van der Waals surface area (Å²) in [7, 11) is 0. The molecule has 0 aliphatic carbocycles. The van der Waals surface area contributed by atoms with Crippen molar-refractivity contribution >= 4 is 0 Å². The van der Waals surface area contributed by atoms with Crippen molar-refractivity contribution in [3.05, 3.63) is 0 Å². The van der Waals surface area contributed by atoms with Gasteiger partial charge in [0, 0.05) is 0 Å². The molecule has 0 bridgehead atoms. The van der Waals surface area contributed by atoms with Gasteiger partial charge in [-0.1, -0.05) is 13.8 Å². The fraction of sp³-hybridized carbons (Fsp3) is 1.00. The Bertz CT molecular complexity index is 18.1. The first-order chi connectivity index (χ1) is 3.50. The Kier molecular flexibility index (Phi) is 13.6. The molecule has 0 unspecified atom stereocenters. The predicted octanol–water partition coefficient (Wildman–Crippen LogP) is 1.56. The van der Waals surface area contributed by atoms with Crippen LogP contribution in [0.4, 0.5) is 0 Å². The van der Waals surface area contributed by atoms with Gasteiger partial charge in [0.25, 0.3) is 0 Å². The van der Waals surface area contributed by atoms with Crippen molar-refractivity contribution in [2.75, 3.05) is 13.1 Å². The van der Waals surface area contributed by atoms with Crippen molar-refractivity contribution in [2.45, 2.75) is 26.7 Å². The Morgan fingerprint density at radius 2 is 1.38 bits per heavy atom. The van der Waals surface area contributed by atoms with E-state index in [1.807, 2.05) is 13.8 Å². The van der Waals surface area contributed by atoms with Gasteiger partial charge in [-0.05, 0) is 25.9 Å². The highest BCUT2D eigenvalue weighted by atomic mass is 14.9. The van der Waals surface area contributed by atoms with Gasteiger partial charge in [-0.3, -0.25) is 0 Å². The lowest BCUT2D eigenvalue weighted by Crippen LogP contribution is -2.03. The molecule has 1 aliphatic heterocycles.